The molecule has 0 heterocycles. The molecule has 1 aliphatic rings. The van der Waals surface area contributed by atoms with Crippen molar-refractivity contribution in [2.75, 3.05) is 0 Å². The average molecular weight is 338 g/mol. The van der Waals surface area contributed by atoms with Gasteiger partial charge in [-0.25, -0.2) is 0 Å². The molecule has 0 radical (unpaired) electrons. The SMILES string of the molecule is CCC1(OC(=O)C(C)(I)CC)CCCCC1. The van der Waals surface area contributed by atoms with Crippen LogP contribution in [-0.2, 0) is 9.53 Å². The largest absolute Gasteiger partial charge is 0.458 e. The van der Waals surface area contributed by atoms with Gasteiger partial charge in [0.15, 0.2) is 0 Å². The van der Waals surface area contributed by atoms with Crippen molar-refractivity contribution in [3.05, 3.63) is 0 Å². The summed E-state index contributed by atoms with van der Waals surface area (Å²) in [6, 6.07) is 0. The van der Waals surface area contributed by atoms with Crippen molar-refractivity contribution in [1.29, 1.82) is 0 Å². The van der Waals surface area contributed by atoms with Crippen molar-refractivity contribution in [3.63, 3.8) is 0 Å². The predicted molar refractivity (Wildman–Crippen MR) is 74.9 cm³/mol. The van der Waals surface area contributed by atoms with Gasteiger partial charge in [0.05, 0.1) is 0 Å². The van der Waals surface area contributed by atoms with Gasteiger partial charge in [0.2, 0.25) is 0 Å². The molecule has 0 N–H and O–H groups in total. The van der Waals surface area contributed by atoms with Crippen LogP contribution in [0, 0.1) is 0 Å². The second-order valence-electron chi connectivity index (χ2n) is 5.04. The molecule has 3 heteroatoms. The molecule has 1 fully saturated rings. The summed E-state index contributed by atoms with van der Waals surface area (Å²) in [5.41, 5.74) is -0.156. The van der Waals surface area contributed by atoms with Gasteiger partial charge in [0.25, 0.3) is 0 Å². The van der Waals surface area contributed by atoms with E-state index in [4.69, 9.17) is 4.74 Å². The van der Waals surface area contributed by atoms with Gasteiger partial charge < -0.3 is 4.74 Å². The lowest BCUT2D eigenvalue weighted by Gasteiger charge is -2.38. The third-order valence-electron chi connectivity index (χ3n) is 3.81. The summed E-state index contributed by atoms with van der Waals surface area (Å²) in [6.45, 7) is 6.13. The molecule has 0 aromatic heterocycles. The van der Waals surface area contributed by atoms with Crippen LogP contribution in [0.5, 0.6) is 0 Å². The molecule has 0 aliphatic heterocycles. The summed E-state index contributed by atoms with van der Waals surface area (Å²) in [5, 5.41) is 0. The fourth-order valence-electron chi connectivity index (χ4n) is 2.17. The van der Waals surface area contributed by atoms with Gasteiger partial charge >= 0.3 is 5.97 Å². The Morgan fingerprint density at radius 2 is 1.88 bits per heavy atom. The molecule has 16 heavy (non-hydrogen) atoms. The van der Waals surface area contributed by atoms with Crippen LogP contribution in [0.2, 0.25) is 0 Å². The lowest BCUT2D eigenvalue weighted by Crippen LogP contribution is -2.42. The quantitative estimate of drug-likeness (QED) is 0.435. The first kappa shape index (κ1) is 14.3. The number of esters is 1. The lowest BCUT2D eigenvalue weighted by molar-refractivity contribution is -0.165. The van der Waals surface area contributed by atoms with E-state index in [1.54, 1.807) is 0 Å². The van der Waals surface area contributed by atoms with E-state index >= 15 is 0 Å². The first-order chi connectivity index (χ1) is 7.46. The smallest absolute Gasteiger partial charge is 0.322 e. The summed E-state index contributed by atoms with van der Waals surface area (Å²) in [5.74, 6) is -0.0284. The van der Waals surface area contributed by atoms with Gasteiger partial charge in [0, 0.05) is 0 Å². The van der Waals surface area contributed by atoms with Gasteiger partial charge in [-0.2, -0.15) is 0 Å². The van der Waals surface area contributed by atoms with Crippen LogP contribution in [0.15, 0.2) is 0 Å². The molecular formula is C13H23IO2. The number of hydrogen-bond donors (Lipinski definition) is 0. The molecule has 1 aliphatic carbocycles. The number of carbonyl (C=O) groups is 1. The fraction of sp³-hybridized carbons (Fsp3) is 0.923. The zero-order valence-electron chi connectivity index (χ0n) is 10.6. The molecule has 1 rings (SSSR count). The van der Waals surface area contributed by atoms with E-state index in [-0.39, 0.29) is 15.0 Å². The minimum Gasteiger partial charge on any atom is -0.458 e. The molecule has 1 unspecified atom stereocenters. The summed E-state index contributed by atoms with van der Waals surface area (Å²) in [4.78, 5) is 12.1. The van der Waals surface area contributed by atoms with Gasteiger partial charge in [-0.05, 0) is 45.4 Å². The van der Waals surface area contributed by atoms with E-state index in [9.17, 15) is 4.79 Å². The lowest BCUT2D eigenvalue weighted by atomic mass is 9.82. The second-order valence-corrected chi connectivity index (χ2v) is 7.42. The van der Waals surface area contributed by atoms with E-state index < -0.39 is 0 Å². The van der Waals surface area contributed by atoms with Crippen molar-refractivity contribution in [2.24, 2.45) is 0 Å². The van der Waals surface area contributed by atoms with Crippen molar-refractivity contribution >= 4 is 28.6 Å². The van der Waals surface area contributed by atoms with Crippen molar-refractivity contribution in [3.8, 4) is 0 Å². The van der Waals surface area contributed by atoms with Crippen LogP contribution in [0.25, 0.3) is 0 Å². The van der Waals surface area contributed by atoms with Crippen LogP contribution in [-0.4, -0.2) is 15.0 Å². The molecular weight excluding hydrogens is 315 g/mol. The molecule has 2 nitrogen and oxygen atoms in total. The standard InChI is InChI=1S/C13H23IO2/c1-4-12(3,14)11(15)16-13(5-2)9-7-6-8-10-13/h4-10H2,1-3H3. The van der Waals surface area contributed by atoms with Gasteiger partial charge in [-0.3, -0.25) is 4.79 Å². The van der Waals surface area contributed by atoms with Crippen LogP contribution in [0.1, 0.15) is 65.7 Å². The van der Waals surface area contributed by atoms with E-state index in [0.717, 1.165) is 25.7 Å². The highest BCUT2D eigenvalue weighted by Crippen LogP contribution is 2.37. The number of rotatable bonds is 4. The van der Waals surface area contributed by atoms with E-state index in [1.165, 1.54) is 19.3 Å². The van der Waals surface area contributed by atoms with Gasteiger partial charge in [0.1, 0.15) is 9.02 Å². The Morgan fingerprint density at radius 3 is 2.31 bits per heavy atom. The Kier molecular flexibility index (Phi) is 5.08. The van der Waals surface area contributed by atoms with Crippen molar-refractivity contribution in [1.82, 2.24) is 0 Å². The summed E-state index contributed by atoms with van der Waals surface area (Å²) in [6.07, 6.45) is 7.56. The first-order valence-electron chi connectivity index (χ1n) is 6.38. The number of ether oxygens (including phenoxy) is 1. The molecule has 1 saturated carbocycles. The van der Waals surface area contributed by atoms with Gasteiger partial charge in [-0.1, -0.05) is 42.9 Å². The van der Waals surface area contributed by atoms with E-state index in [0.29, 0.717) is 0 Å². The summed E-state index contributed by atoms with van der Waals surface area (Å²) in [7, 11) is 0. The van der Waals surface area contributed by atoms with E-state index in [1.807, 2.05) is 13.8 Å². The predicted octanol–water partition coefficient (Wildman–Crippen LogP) is 4.25. The molecule has 0 aromatic carbocycles. The Balaban J connectivity index is 2.66. The Bertz CT molecular complexity index is 242. The highest BCUT2D eigenvalue weighted by molar-refractivity contribution is 14.1. The van der Waals surface area contributed by atoms with Crippen LogP contribution in [0.3, 0.4) is 0 Å². The van der Waals surface area contributed by atoms with Crippen molar-refractivity contribution < 1.29 is 9.53 Å². The minimum absolute atomic E-state index is 0.0284. The first-order valence-corrected chi connectivity index (χ1v) is 7.46. The number of carbonyl (C=O) groups excluding carboxylic acids is 1. The monoisotopic (exact) mass is 338 g/mol. The highest BCUT2D eigenvalue weighted by Gasteiger charge is 2.39. The molecule has 0 spiro atoms. The minimum atomic E-state index is -0.364. The number of alkyl halides is 1. The Hall–Kier alpha value is 0.200. The number of hydrogen-bond acceptors (Lipinski definition) is 2. The Morgan fingerprint density at radius 1 is 1.31 bits per heavy atom. The summed E-state index contributed by atoms with van der Waals surface area (Å²) < 4.78 is 5.47. The normalized spacial score (nSPS) is 23.5. The third kappa shape index (κ3) is 3.34. The third-order valence-corrected chi connectivity index (χ3v) is 5.01. The maximum atomic E-state index is 12.1. The topological polar surface area (TPSA) is 26.3 Å². The number of halogens is 1. The molecule has 94 valence electrons. The zero-order valence-corrected chi connectivity index (χ0v) is 12.8. The average Bonchev–Trinajstić information content (AvgIpc) is 2.30. The van der Waals surface area contributed by atoms with Gasteiger partial charge in [-0.15, -0.1) is 0 Å². The van der Waals surface area contributed by atoms with Crippen molar-refractivity contribution in [2.45, 2.75) is 74.7 Å². The highest BCUT2D eigenvalue weighted by atomic mass is 127. The molecule has 0 saturated heterocycles. The molecule has 0 aromatic rings. The van der Waals surface area contributed by atoms with E-state index in [2.05, 4.69) is 29.5 Å². The second kappa shape index (κ2) is 5.69. The summed E-state index contributed by atoms with van der Waals surface area (Å²) >= 11 is 2.21. The molecule has 0 amide bonds. The van der Waals surface area contributed by atoms with Crippen LogP contribution < -0.4 is 0 Å². The zero-order chi connectivity index (χ0) is 12.2. The molecule has 1 atom stereocenters. The molecule has 0 bridgehead atoms. The van der Waals surface area contributed by atoms with Crippen LogP contribution in [0.4, 0.5) is 0 Å². The maximum Gasteiger partial charge on any atom is 0.322 e. The maximum absolute atomic E-state index is 12.1. The van der Waals surface area contributed by atoms with Crippen LogP contribution >= 0.6 is 22.6 Å². The Labute approximate surface area is 113 Å². The fourth-order valence-corrected chi connectivity index (χ4v) is 2.28.